The molecule has 2 rings (SSSR count). The predicted molar refractivity (Wildman–Crippen MR) is 115 cm³/mol. The summed E-state index contributed by atoms with van der Waals surface area (Å²) in [7, 11) is 0. The molecule has 1 fully saturated rings. The second-order valence-corrected chi connectivity index (χ2v) is 8.36. The summed E-state index contributed by atoms with van der Waals surface area (Å²) in [6, 6.07) is 6.88. The highest BCUT2D eigenvalue weighted by atomic mass is 32.2. The molecule has 1 saturated heterocycles. The number of carbonyl (C=O) groups excluding carboxylic acids is 3. The van der Waals surface area contributed by atoms with E-state index in [1.807, 2.05) is 0 Å². The highest BCUT2D eigenvalue weighted by molar-refractivity contribution is 7.94. The molecule has 174 valence electrons. The minimum Gasteiger partial charge on any atom is -0.612 e. The first-order valence-electron chi connectivity index (χ1n) is 9.93. The summed E-state index contributed by atoms with van der Waals surface area (Å²) in [4.78, 5) is 48.4. The normalized spacial score (nSPS) is 19.0. The Morgan fingerprint density at radius 3 is 2.59 bits per heavy atom. The number of hydrogen-bond acceptors (Lipinski definition) is 7. The van der Waals surface area contributed by atoms with Crippen LogP contribution in [0, 0.1) is 0 Å². The summed E-state index contributed by atoms with van der Waals surface area (Å²) >= 11 is -1.54. The Hall–Kier alpha value is -3.05. The van der Waals surface area contributed by atoms with Crippen LogP contribution in [0.1, 0.15) is 20.3 Å². The van der Waals surface area contributed by atoms with E-state index in [0.717, 1.165) is 4.90 Å². The van der Waals surface area contributed by atoms with Gasteiger partial charge in [0, 0.05) is 0 Å². The van der Waals surface area contributed by atoms with Gasteiger partial charge in [-0.2, -0.15) is 0 Å². The fourth-order valence-corrected chi connectivity index (χ4v) is 4.19. The van der Waals surface area contributed by atoms with E-state index in [9.17, 15) is 23.7 Å². The van der Waals surface area contributed by atoms with E-state index < -0.39 is 53.6 Å². The average molecular weight is 467 g/mol. The van der Waals surface area contributed by atoms with Crippen molar-refractivity contribution in [2.24, 2.45) is 0 Å². The fraction of sp³-hybridized carbons (Fsp3) is 0.429. The van der Waals surface area contributed by atoms with Crippen LogP contribution in [-0.2, 0) is 35.1 Å². The van der Waals surface area contributed by atoms with E-state index in [0.29, 0.717) is 11.3 Å². The standard InChI is InChI=1S/C21H26N2O8S/c1-3-30-18(27)9-10-32(29)13-14(2)20-19(21(28)23(20)11-17(25)26)22-16(24)12-31-15-7-5-4-6-8-15/h4-8,13,19-20H,3,9-12H2,1-2H3,(H,22,24)(H,25,26). The van der Waals surface area contributed by atoms with Crippen LogP contribution in [0.2, 0.25) is 0 Å². The maximum atomic E-state index is 12.4. The molecule has 0 saturated carbocycles. The van der Waals surface area contributed by atoms with Crippen LogP contribution >= 0.6 is 0 Å². The van der Waals surface area contributed by atoms with E-state index in [1.54, 1.807) is 44.2 Å². The van der Waals surface area contributed by atoms with Crippen LogP contribution in [-0.4, -0.2) is 75.9 Å². The van der Waals surface area contributed by atoms with Crippen molar-refractivity contribution in [2.45, 2.75) is 32.4 Å². The van der Waals surface area contributed by atoms with Crippen molar-refractivity contribution in [3.63, 3.8) is 0 Å². The molecule has 0 bridgehead atoms. The molecule has 2 amide bonds. The molecule has 0 aliphatic carbocycles. The van der Waals surface area contributed by atoms with Gasteiger partial charge in [0.25, 0.3) is 5.91 Å². The first-order chi connectivity index (χ1) is 15.2. The monoisotopic (exact) mass is 466 g/mol. The summed E-state index contributed by atoms with van der Waals surface area (Å²) < 4.78 is 22.5. The molecule has 0 radical (unpaired) electrons. The maximum absolute atomic E-state index is 12.4. The number of esters is 1. The smallest absolute Gasteiger partial charge is 0.323 e. The molecule has 0 spiro atoms. The van der Waals surface area contributed by atoms with Crippen LogP contribution in [0.4, 0.5) is 0 Å². The van der Waals surface area contributed by atoms with Gasteiger partial charge in [-0.25, -0.2) is 0 Å². The fourth-order valence-electron chi connectivity index (χ4n) is 3.15. The number of nitrogens with one attached hydrogen (secondary N) is 1. The lowest BCUT2D eigenvalue weighted by Gasteiger charge is -2.46. The molecule has 3 atom stereocenters. The van der Waals surface area contributed by atoms with Crippen LogP contribution in [0.5, 0.6) is 5.75 Å². The zero-order valence-electron chi connectivity index (χ0n) is 17.8. The SMILES string of the molecule is CCOC(=O)CC[S+]([O-])C=C(C)C1C(NC(=O)COc2ccccc2)C(=O)N1CC(=O)O. The van der Waals surface area contributed by atoms with E-state index in [1.165, 1.54) is 5.41 Å². The number of aliphatic carboxylic acids is 1. The number of para-hydroxylation sites is 1. The van der Waals surface area contributed by atoms with Crippen molar-refractivity contribution >= 4 is 34.9 Å². The molecule has 11 heteroatoms. The quantitative estimate of drug-likeness (QED) is 0.257. The second-order valence-electron chi connectivity index (χ2n) is 6.95. The van der Waals surface area contributed by atoms with Gasteiger partial charge in [0.2, 0.25) is 5.91 Å². The molecule has 1 aromatic rings. The number of rotatable bonds is 12. The topological polar surface area (TPSA) is 145 Å². The van der Waals surface area contributed by atoms with Crippen LogP contribution < -0.4 is 10.1 Å². The zero-order valence-corrected chi connectivity index (χ0v) is 18.6. The van der Waals surface area contributed by atoms with E-state index in [2.05, 4.69) is 5.32 Å². The molecule has 1 aliphatic rings. The molecule has 10 nitrogen and oxygen atoms in total. The molecule has 1 heterocycles. The Balaban J connectivity index is 2.01. The first-order valence-corrected chi connectivity index (χ1v) is 11.3. The van der Waals surface area contributed by atoms with Gasteiger partial charge in [-0.1, -0.05) is 18.2 Å². The number of hydrogen-bond donors (Lipinski definition) is 2. The van der Waals surface area contributed by atoms with Crippen molar-refractivity contribution in [1.82, 2.24) is 10.2 Å². The molecular formula is C21H26N2O8S. The number of ether oxygens (including phenoxy) is 2. The minimum absolute atomic E-state index is 0.0255. The number of nitrogens with zero attached hydrogens (tertiary/aromatic N) is 1. The van der Waals surface area contributed by atoms with E-state index in [4.69, 9.17) is 14.6 Å². The van der Waals surface area contributed by atoms with Gasteiger partial charge in [0.05, 0.1) is 19.1 Å². The van der Waals surface area contributed by atoms with Gasteiger partial charge in [0.15, 0.2) is 6.61 Å². The Morgan fingerprint density at radius 1 is 1.28 bits per heavy atom. The third-order valence-corrected chi connectivity index (χ3v) is 5.77. The van der Waals surface area contributed by atoms with Crippen LogP contribution in [0.3, 0.4) is 0 Å². The third-order valence-electron chi connectivity index (χ3n) is 4.53. The van der Waals surface area contributed by atoms with Crippen molar-refractivity contribution < 1.29 is 38.3 Å². The maximum Gasteiger partial charge on any atom is 0.323 e. The first kappa shape index (κ1) is 25.2. The van der Waals surface area contributed by atoms with Gasteiger partial charge >= 0.3 is 11.9 Å². The molecule has 1 aromatic carbocycles. The van der Waals surface area contributed by atoms with Crippen molar-refractivity contribution in [2.75, 3.05) is 25.5 Å². The van der Waals surface area contributed by atoms with Gasteiger partial charge in [-0.3, -0.25) is 19.2 Å². The molecule has 32 heavy (non-hydrogen) atoms. The van der Waals surface area contributed by atoms with Crippen LogP contribution in [0.15, 0.2) is 41.3 Å². The largest absolute Gasteiger partial charge is 0.612 e. The molecule has 3 unspecified atom stereocenters. The van der Waals surface area contributed by atoms with Gasteiger partial charge in [0.1, 0.15) is 29.5 Å². The Labute approximate surface area is 188 Å². The predicted octanol–water partition coefficient (Wildman–Crippen LogP) is 0.451. The lowest BCUT2D eigenvalue weighted by Crippen LogP contribution is -2.72. The van der Waals surface area contributed by atoms with E-state index in [-0.39, 0.29) is 25.4 Å². The third kappa shape index (κ3) is 7.27. The summed E-state index contributed by atoms with van der Waals surface area (Å²) in [5.74, 6) is -2.28. The highest BCUT2D eigenvalue weighted by Gasteiger charge is 2.50. The van der Waals surface area contributed by atoms with Crippen molar-refractivity contribution in [3.8, 4) is 5.75 Å². The van der Waals surface area contributed by atoms with Gasteiger partial charge in [-0.15, -0.1) is 0 Å². The molecule has 1 aliphatic heterocycles. The number of amides is 2. The Kier molecular flexibility index (Phi) is 9.54. The van der Waals surface area contributed by atoms with Gasteiger partial charge in [-0.05, 0) is 42.7 Å². The lowest BCUT2D eigenvalue weighted by molar-refractivity contribution is -0.158. The number of carbonyl (C=O) groups is 4. The summed E-state index contributed by atoms with van der Waals surface area (Å²) in [5, 5.41) is 13.0. The van der Waals surface area contributed by atoms with E-state index >= 15 is 0 Å². The minimum atomic E-state index is -1.54. The Morgan fingerprint density at radius 2 is 1.97 bits per heavy atom. The van der Waals surface area contributed by atoms with Gasteiger partial charge < -0.3 is 29.3 Å². The summed E-state index contributed by atoms with van der Waals surface area (Å²) in [6.07, 6.45) is -0.0380. The summed E-state index contributed by atoms with van der Waals surface area (Å²) in [6.45, 7) is 2.60. The number of β-lactam (4-membered cyclic amide) rings is 1. The number of likely N-dealkylation sites (tertiary alicyclic amines) is 1. The number of carboxylic acids is 1. The number of benzene rings is 1. The van der Waals surface area contributed by atoms with Crippen molar-refractivity contribution in [3.05, 3.63) is 41.3 Å². The molecule has 2 N–H and O–H groups in total. The van der Waals surface area contributed by atoms with Crippen LogP contribution in [0.25, 0.3) is 0 Å². The molecular weight excluding hydrogens is 440 g/mol. The lowest BCUT2D eigenvalue weighted by atomic mass is 9.89. The van der Waals surface area contributed by atoms with Crippen molar-refractivity contribution in [1.29, 1.82) is 0 Å². The average Bonchev–Trinajstić information content (AvgIpc) is 2.75. The Bertz CT molecular complexity index is 861. The second kappa shape index (κ2) is 12.1. The molecule has 0 aromatic heterocycles. The highest BCUT2D eigenvalue weighted by Crippen LogP contribution is 2.27. The zero-order chi connectivity index (χ0) is 23.7. The summed E-state index contributed by atoms with van der Waals surface area (Å²) in [5.41, 5.74) is 0.447. The number of carboxylic acid groups (broad SMARTS) is 1.